The first-order valence-corrected chi connectivity index (χ1v) is 9.38. The second kappa shape index (κ2) is 9.49. The lowest BCUT2D eigenvalue weighted by Gasteiger charge is -2.09. The van der Waals surface area contributed by atoms with Crippen molar-refractivity contribution in [2.45, 2.75) is 6.61 Å². The smallest absolute Gasteiger partial charge is 0.251 e. The molecule has 1 aromatic heterocycles. The predicted molar refractivity (Wildman–Crippen MR) is 104 cm³/mol. The number of benzene rings is 2. The molecule has 2 aromatic carbocycles. The molecular weight excluding hydrogens is 362 g/mol. The molecule has 1 heterocycles. The average Bonchev–Trinajstić information content (AvgIpc) is 3.24. The summed E-state index contributed by atoms with van der Waals surface area (Å²) in [7, 11) is 0. The van der Waals surface area contributed by atoms with Gasteiger partial charge < -0.3 is 15.4 Å². The highest BCUT2D eigenvalue weighted by atomic mass is 32.1. The summed E-state index contributed by atoms with van der Waals surface area (Å²) in [6.45, 7) is 1.04. The summed E-state index contributed by atoms with van der Waals surface area (Å²) >= 11 is 1.51. The molecule has 2 N–H and O–H groups in total. The molecule has 0 unspecified atom stereocenters. The van der Waals surface area contributed by atoms with Crippen LogP contribution in [-0.4, -0.2) is 29.9 Å². The van der Waals surface area contributed by atoms with Gasteiger partial charge in [0.2, 0.25) is 0 Å². The Balaban J connectivity index is 1.44. The Morgan fingerprint density at radius 1 is 0.926 bits per heavy atom. The summed E-state index contributed by atoms with van der Waals surface area (Å²) in [4.78, 5) is 28.3. The van der Waals surface area contributed by atoms with Crippen molar-refractivity contribution in [3.63, 3.8) is 0 Å². The SMILES string of the molecule is O=C(NCCNC(=O)c1cccc(OCc2cscn2)c1)c1ccccc1. The molecule has 0 saturated carbocycles. The summed E-state index contributed by atoms with van der Waals surface area (Å²) < 4.78 is 5.65. The summed E-state index contributed by atoms with van der Waals surface area (Å²) in [6, 6.07) is 15.9. The van der Waals surface area contributed by atoms with E-state index in [1.165, 1.54) is 11.3 Å². The summed E-state index contributed by atoms with van der Waals surface area (Å²) in [5.74, 6) is 0.221. The number of amides is 2. The second-order valence-electron chi connectivity index (χ2n) is 5.67. The van der Waals surface area contributed by atoms with Gasteiger partial charge in [0.05, 0.1) is 11.2 Å². The average molecular weight is 381 g/mol. The fourth-order valence-electron chi connectivity index (χ4n) is 2.34. The zero-order valence-corrected chi connectivity index (χ0v) is 15.4. The van der Waals surface area contributed by atoms with E-state index in [4.69, 9.17) is 4.74 Å². The number of hydrogen-bond acceptors (Lipinski definition) is 5. The van der Waals surface area contributed by atoms with Crippen molar-refractivity contribution in [2.24, 2.45) is 0 Å². The van der Waals surface area contributed by atoms with Gasteiger partial charge in [-0.3, -0.25) is 9.59 Å². The zero-order chi connectivity index (χ0) is 18.9. The highest BCUT2D eigenvalue weighted by Gasteiger charge is 2.08. The molecule has 27 heavy (non-hydrogen) atoms. The van der Waals surface area contributed by atoms with Crippen molar-refractivity contribution in [3.05, 3.63) is 82.3 Å². The molecule has 0 radical (unpaired) electrons. The number of thiazole rings is 1. The molecule has 0 aliphatic heterocycles. The molecule has 0 atom stereocenters. The van der Waals surface area contributed by atoms with E-state index in [9.17, 15) is 9.59 Å². The first kappa shape index (κ1) is 18.6. The molecule has 0 bridgehead atoms. The van der Waals surface area contributed by atoms with Crippen LogP contribution in [0.3, 0.4) is 0 Å². The summed E-state index contributed by atoms with van der Waals surface area (Å²) in [5.41, 5.74) is 3.69. The number of ether oxygens (including phenoxy) is 1. The fraction of sp³-hybridized carbons (Fsp3) is 0.150. The van der Waals surface area contributed by atoms with Crippen molar-refractivity contribution in [3.8, 4) is 5.75 Å². The molecule has 0 aliphatic rings. The van der Waals surface area contributed by atoms with E-state index in [2.05, 4.69) is 15.6 Å². The van der Waals surface area contributed by atoms with Crippen LogP contribution in [0, 0.1) is 0 Å². The van der Waals surface area contributed by atoms with Crippen molar-refractivity contribution >= 4 is 23.2 Å². The van der Waals surface area contributed by atoms with Gasteiger partial charge in [-0.05, 0) is 30.3 Å². The lowest BCUT2D eigenvalue weighted by Crippen LogP contribution is -2.34. The number of rotatable bonds is 8. The van der Waals surface area contributed by atoms with Crippen molar-refractivity contribution in [1.29, 1.82) is 0 Å². The van der Waals surface area contributed by atoms with Crippen LogP contribution >= 0.6 is 11.3 Å². The highest BCUT2D eigenvalue weighted by molar-refractivity contribution is 7.07. The van der Waals surface area contributed by atoms with Gasteiger partial charge in [0.15, 0.2) is 0 Å². The normalized spacial score (nSPS) is 10.2. The van der Waals surface area contributed by atoms with Gasteiger partial charge >= 0.3 is 0 Å². The molecule has 0 fully saturated rings. The largest absolute Gasteiger partial charge is 0.487 e. The molecule has 0 saturated heterocycles. The van der Waals surface area contributed by atoms with Gasteiger partial charge in [-0.25, -0.2) is 4.98 Å². The van der Waals surface area contributed by atoms with Gasteiger partial charge in [-0.1, -0.05) is 24.3 Å². The van der Waals surface area contributed by atoms with Crippen LogP contribution in [-0.2, 0) is 6.61 Å². The first-order chi connectivity index (χ1) is 13.2. The maximum atomic E-state index is 12.3. The van der Waals surface area contributed by atoms with Crippen LogP contribution in [0.2, 0.25) is 0 Å². The fourth-order valence-corrected chi connectivity index (χ4v) is 2.88. The molecule has 3 rings (SSSR count). The molecule has 6 nitrogen and oxygen atoms in total. The maximum Gasteiger partial charge on any atom is 0.251 e. The Morgan fingerprint density at radius 3 is 2.33 bits per heavy atom. The van der Waals surface area contributed by atoms with Gasteiger partial charge in [-0.2, -0.15) is 0 Å². The Kier molecular flexibility index (Phi) is 6.54. The van der Waals surface area contributed by atoms with E-state index < -0.39 is 0 Å². The van der Waals surface area contributed by atoms with Gasteiger partial charge in [0.25, 0.3) is 11.8 Å². The standard InChI is InChI=1S/C20H19N3O3S/c24-19(15-5-2-1-3-6-15)21-9-10-22-20(25)16-7-4-8-18(11-16)26-12-17-13-27-14-23-17/h1-8,11,13-14H,9-10,12H2,(H,21,24)(H,22,25). The van der Waals surface area contributed by atoms with E-state index in [0.717, 1.165) is 5.69 Å². The van der Waals surface area contributed by atoms with Crippen LogP contribution < -0.4 is 15.4 Å². The second-order valence-corrected chi connectivity index (χ2v) is 6.39. The number of carbonyl (C=O) groups excluding carboxylic acids is 2. The third kappa shape index (κ3) is 5.65. The van der Waals surface area contributed by atoms with Gasteiger partial charge in [0, 0.05) is 29.6 Å². The number of hydrogen-bond donors (Lipinski definition) is 2. The zero-order valence-electron chi connectivity index (χ0n) is 14.6. The first-order valence-electron chi connectivity index (χ1n) is 8.44. The van der Waals surface area contributed by atoms with E-state index >= 15 is 0 Å². The Labute approximate surface area is 161 Å². The minimum Gasteiger partial charge on any atom is -0.487 e. The summed E-state index contributed by atoms with van der Waals surface area (Å²) in [5, 5.41) is 7.47. The van der Waals surface area contributed by atoms with Crippen LogP contribution in [0.1, 0.15) is 26.4 Å². The van der Waals surface area contributed by atoms with Gasteiger partial charge in [0.1, 0.15) is 12.4 Å². The van der Waals surface area contributed by atoms with Gasteiger partial charge in [-0.15, -0.1) is 11.3 Å². The third-order valence-corrected chi connectivity index (χ3v) is 4.33. The minimum atomic E-state index is -0.219. The molecule has 3 aromatic rings. The molecule has 2 amide bonds. The van der Waals surface area contributed by atoms with E-state index in [0.29, 0.717) is 36.6 Å². The quantitative estimate of drug-likeness (QED) is 0.588. The highest BCUT2D eigenvalue weighted by Crippen LogP contribution is 2.15. The topological polar surface area (TPSA) is 80.3 Å². The molecule has 0 spiro atoms. The lowest BCUT2D eigenvalue weighted by atomic mass is 10.2. The molecule has 0 aliphatic carbocycles. The van der Waals surface area contributed by atoms with E-state index in [-0.39, 0.29) is 11.8 Å². The third-order valence-electron chi connectivity index (χ3n) is 3.70. The van der Waals surface area contributed by atoms with Crippen molar-refractivity contribution < 1.29 is 14.3 Å². The number of nitrogens with zero attached hydrogens (tertiary/aromatic N) is 1. The lowest BCUT2D eigenvalue weighted by molar-refractivity contribution is 0.0927. The predicted octanol–water partition coefficient (Wildman–Crippen LogP) is 2.88. The van der Waals surface area contributed by atoms with Crippen LogP contribution in [0.4, 0.5) is 0 Å². The minimum absolute atomic E-state index is 0.165. The molecular formula is C20H19N3O3S. The van der Waals surface area contributed by atoms with Crippen LogP contribution in [0.5, 0.6) is 5.75 Å². The van der Waals surface area contributed by atoms with E-state index in [1.54, 1.807) is 54.0 Å². The monoisotopic (exact) mass is 381 g/mol. The number of carbonyl (C=O) groups is 2. The van der Waals surface area contributed by atoms with Crippen LogP contribution in [0.25, 0.3) is 0 Å². The Hall–Kier alpha value is -3.19. The van der Waals surface area contributed by atoms with Crippen LogP contribution in [0.15, 0.2) is 65.5 Å². The Morgan fingerprint density at radius 2 is 1.63 bits per heavy atom. The maximum absolute atomic E-state index is 12.3. The number of nitrogens with one attached hydrogen (secondary N) is 2. The van der Waals surface area contributed by atoms with Crippen molar-refractivity contribution in [2.75, 3.05) is 13.1 Å². The van der Waals surface area contributed by atoms with E-state index in [1.807, 2.05) is 11.4 Å². The van der Waals surface area contributed by atoms with Crippen molar-refractivity contribution in [1.82, 2.24) is 15.6 Å². The summed E-state index contributed by atoms with van der Waals surface area (Å²) in [6.07, 6.45) is 0. The number of aromatic nitrogens is 1. The molecule has 138 valence electrons. The Bertz CT molecular complexity index is 883. The molecule has 7 heteroatoms.